The van der Waals surface area contributed by atoms with Crippen LogP contribution in [0.2, 0.25) is 0 Å². The first-order valence-corrected chi connectivity index (χ1v) is 8.49. The predicted molar refractivity (Wildman–Crippen MR) is 96.9 cm³/mol. The fourth-order valence-corrected chi connectivity index (χ4v) is 2.32. The number of esters is 1. The number of hydrogen-bond donors (Lipinski definition) is 2. The van der Waals surface area contributed by atoms with Crippen LogP contribution in [-0.4, -0.2) is 30.3 Å². The lowest BCUT2D eigenvalue weighted by atomic mass is 10.1. The minimum Gasteiger partial charge on any atom is -0.492 e. The quantitative estimate of drug-likeness (QED) is 0.531. The second kappa shape index (κ2) is 10.8. The highest BCUT2D eigenvalue weighted by atomic mass is 32.1. The zero-order chi connectivity index (χ0) is 17.1. The van der Waals surface area contributed by atoms with E-state index >= 15 is 0 Å². The molecular formula is C17H26N2O3S. The lowest BCUT2D eigenvalue weighted by molar-refractivity contribution is -0.145. The summed E-state index contributed by atoms with van der Waals surface area (Å²) in [7, 11) is 0. The molecule has 0 fully saturated rings. The van der Waals surface area contributed by atoms with Crippen molar-refractivity contribution in [1.82, 2.24) is 5.32 Å². The monoisotopic (exact) mass is 338 g/mol. The number of carbonyl (C=O) groups is 1. The zero-order valence-corrected chi connectivity index (χ0v) is 14.9. The molecule has 0 aliphatic heterocycles. The molecular weight excluding hydrogens is 312 g/mol. The molecule has 1 aromatic carbocycles. The largest absolute Gasteiger partial charge is 0.492 e. The molecule has 1 rings (SSSR count). The average Bonchev–Trinajstić information content (AvgIpc) is 2.53. The lowest BCUT2D eigenvalue weighted by Gasteiger charge is -2.20. The van der Waals surface area contributed by atoms with Crippen molar-refractivity contribution < 1.29 is 14.3 Å². The van der Waals surface area contributed by atoms with Gasteiger partial charge < -0.3 is 20.1 Å². The van der Waals surface area contributed by atoms with Crippen molar-refractivity contribution in [3.8, 4) is 5.75 Å². The van der Waals surface area contributed by atoms with Crippen LogP contribution in [0.1, 0.15) is 40.0 Å². The normalized spacial score (nSPS) is 11.4. The van der Waals surface area contributed by atoms with Crippen LogP contribution in [0.15, 0.2) is 24.3 Å². The van der Waals surface area contributed by atoms with Gasteiger partial charge in [0.15, 0.2) is 5.11 Å². The number of rotatable bonds is 9. The summed E-state index contributed by atoms with van der Waals surface area (Å²) in [6.45, 7) is 6.73. The summed E-state index contributed by atoms with van der Waals surface area (Å²) in [5, 5.41) is 6.51. The molecule has 0 aliphatic carbocycles. The van der Waals surface area contributed by atoms with Crippen LogP contribution < -0.4 is 15.4 Å². The first-order chi connectivity index (χ1) is 11.1. The number of anilines is 1. The van der Waals surface area contributed by atoms with E-state index in [1.165, 1.54) is 0 Å². The molecule has 6 heteroatoms. The molecule has 1 unspecified atom stereocenters. The van der Waals surface area contributed by atoms with E-state index in [1.54, 1.807) is 6.92 Å². The van der Waals surface area contributed by atoms with Crippen LogP contribution in [0.25, 0.3) is 0 Å². The second-order valence-electron chi connectivity index (χ2n) is 4.97. The molecule has 1 atom stereocenters. The molecule has 1 aromatic rings. The zero-order valence-electron chi connectivity index (χ0n) is 14.1. The average molecular weight is 338 g/mol. The third kappa shape index (κ3) is 6.86. The van der Waals surface area contributed by atoms with Gasteiger partial charge in [0.25, 0.3) is 0 Å². The van der Waals surface area contributed by atoms with Gasteiger partial charge in [-0.15, -0.1) is 0 Å². The van der Waals surface area contributed by atoms with Crippen LogP contribution >= 0.6 is 12.2 Å². The van der Waals surface area contributed by atoms with Gasteiger partial charge in [0.2, 0.25) is 0 Å². The SMILES string of the molecule is CCCCC(NC(=S)Nc1ccccc1OCC)C(=O)OCC. The van der Waals surface area contributed by atoms with Crippen molar-refractivity contribution in [2.24, 2.45) is 0 Å². The molecule has 0 bridgehead atoms. The van der Waals surface area contributed by atoms with E-state index in [-0.39, 0.29) is 5.97 Å². The van der Waals surface area contributed by atoms with Crippen molar-refractivity contribution >= 4 is 29.0 Å². The molecule has 0 aromatic heterocycles. The van der Waals surface area contributed by atoms with E-state index in [0.717, 1.165) is 24.3 Å². The summed E-state index contributed by atoms with van der Waals surface area (Å²) in [6, 6.07) is 7.11. The van der Waals surface area contributed by atoms with E-state index in [4.69, 9.17) is 21.7 Å². The summed E-state index contributed by atoms with van der Waals surface area (Å²) in [4.78, 5) is 12.0. The highest BCUT2D eigenvalue weighted by molar-refractivity contribution is 7.80. The van der Waals surface area contributed by atoms with Crippen molar-refractivity contribution in [1.29, 1.82) is 0 Å². The van der Waals surface area contributed by atoms with E-state index in [2.05, 4.69) is 17.6 Å². The Morgan fingerprint density at radius 3 is 2.61 bits per heavy atom. The maximum Gasteiger partial charge on any atom is 0.328 e. The Morgan fingerprint density at radius 1 is 1.22 bits per heavy atom. The minimum atomic E-state index is -0.436. The summed E-state index contributed by atoms with van der Waals surface area (Å²) < 4.78 is 10.7. The summed E-state index contributed by atoms with van der Waals surface area (Å²) in [6.07, 6.45) is 2.61. The van der Waals surface area contributed by atoms with Gasteiger partial charge in [-0.1, -0.05) is 31.9 Å². The van der Waals surface area contributed by atoms with Gasteiger partial charge in [0.1, 0.15) is 11.8 Å². The Balaban J connectivity index is 2.69. The molecule has 23 heavy (non-hydrogen) atoms. The molecule has 0 amide bonds. The number of para-hydroxylation sites is 2. The number of thiocarbonyl (C=S) groups is 1. The molecule has 0 spiro atoms. The van der Waals surface area contributed by atoms with E-state index in [0.29, 0.717) is 24.7 Å². The maximum atomic E-state index is 12.0. The first-order valence-electron chi connectivity index (χ1n) is 8.08. The Labute approximate surface area is 143 Å². The molecule has 0 saturated carbocycles. The van der Waals surface area contributed by atoms with Gasteiger partial charge in [0.05, 0.1) is 18.9 Å². The maximum absolute atomic E-state index is 12.0. The van der Waals surface area contributed by atoms with Crippen molar-refractivity contribution in [2.75, 3.05) is 18.5 Å². The highest BCUT2D eigenvalue weighted by Crippen LogP contribution is 2.23. The molecule has 0 aliphatic rings. The fraction of sp³-hybridized carbons (Fsp3) is 0.529. The molecule has 2 N–H and O–H groups in total. The summed E-state index contributed by atoms with van der Waals surface area (Å²) in [5.41, 5.74) is 0.768. The van der Waals surface area contributed by atoms with Crippen molar-refractivity contribution in [3.63, 3.8) is 0 Å². The molecule has 0 heterocycles. The van der Waals surface area contributed by atoms with Gasteiger partial charge in [-0.2, -0.15) is 0 Å². The number of benzene rings is 1. The van der Waals surface area contributed by atoms with Crippen LogP contribution in [0, 0.1) is 0 Å². The number of carbonyl (C=O) groups excluding carboxylic acids is 1. The van der Waals surface area contributed by atoms with Gasteiger partial charge in [-0.3, -0.25) is 0 Å². The Morgan fingerprint density at radius 2 is 1.96 bits per heavy atom. The molecule has 0 radical (unpaired) electrons. The Kier molecular flexibility index (Phi) is 9.05. The van der Waals surface area contributed by atoms with E-state index in [1.807, 2.05) is 31.2 Å². The number of ether oxygens (including phenoxy) is 2. The molecule has 5 nitrogen and oxygen atoms in total. The van der Waals surface area contributed by atoms with Crippen LogP contribution in [0.3, 0.4) is 0 Å². The smallest absolute Gasteiger partial charge is 0.328 e. The lowest BCUT2D eigenvalue weighted by Crippen LogP contribution is -2.43. The summed E-state index contributed by atoms with van der Waals surface area (Å²) >= 11 is 5.32. The standard InChI is InChI=1S/C17H26N2O3S/c1-4-7-10-14(16(20)22-6-3)19-17(23)18-13-11-8-9-12-15(13)21-5-2/h8-9,11-12,14H,4-7,10H2,1-3H3,(H2,18,19,23). The minimum absolute atomic E-state index is 0.275. The number of nitrogens with one attached hydrogen (secondary N) is 2. The predicted octanol–water partition coefficient (Wildman–Crippen LogP) is 3.49. The summed E-state index contributed by atoms with van der Waals surface area (Å²) in [5.74, 6) is 0.448. The van der Waals surface area contributed by atoms with E-state index < -0.39 is 6.04 Å². The van der Waals surface area contributed by atoms with Gasteiger partial charge in [0, 0.05) is 0 Å². The van der Waals surface area contributed by atoms with Crippen molar-refractivity contribution in [3.05, 3.63) is 24.3 Å². The van der Waals surface area contributed by atoms with Crippen molar-refractivity contribution in [2.45, 2.75) is 46.1 Å². The third-order valence-electron chi connectivity index (χ3n) is 3.16. The molecule has 0 saturated heterocycles. The fourth-order valence-electron chi connectivity index (χ4n) is 2.07. The van der Waals surface area contributed by atoms with Crippen LogP contribution in [0.5, 0.6) is 5.75 Å². The van der Waals surface area contributed by atoms with E-state index in [9.17, 15) is 4.79 Å². The Hall–Kier alpha value is -1.82. The number of hydrogen-bond acceptors (Lipinski definition) is 4. The second-order valence-corrected chi connectivity index (χ2v) is 5.38. The van der Waals surface area contributed by atoms with Crippen LogP contribution in [0.4, 0.5) is 5.69 Å². The van der Waals surface area contributed by atoms with Gasteiger partial charge in [-0.05, 0) is 44.6 Å². The van der Waals surface area contributed by atoms with Gasteiger partial charge >= 0.3 is 5.97 Å². The van der Waals surface area contributed by atoms with Gasteiger partial charge in [-0.25, -0.2) is 4.79 Å². The topological polar surface area (TPSA) is 59.6 Å². The third-order valence-corrected chi connectivity index (χ3v) is 3.38. The Bertz CT molecular complexity index is 508. The molecule has 128 valence electrons. The highest BCUT2D eigenvalue weighted by Gasteiger charge is 2.20. The first kappa shape index (κ1) is 19.2. The van der Waals surface area contributed by atoms with Crippen LogP contribution in [-0.2, 0) is 9.53 Å². The number of unbranched alkanes of at least 4 members (excludes halogenated alkanes) is 1.